The number of benzene rings is 2. The number of fused-ring (bicyclic) bond motifs is 4. The van der Waals surface area contributed by atoms with Crippen LogP contribution in [0.1, 0.15) is 44.7 Å². The normalized spacial score (nSPS) is 15.1. The van der Waals surface area contributed by atoms with Crippen LogP contribution in [0.5, 0.6) is 0 Å². The van der Waals surface area contributed by atoms with E-state index >= 15 is 0 Å². The summed E-state index contributed by atoms with van der Waals surface area (Å²) in [6.45, 7) is 7.14. The van der Waals surface area contributed by atoms with Gasteiger partial charge in [-0.2, -0.15) is 10.1 Å². The number of anilines is 4. The van der Waals surface area contributed by atoms with Crippen molar-refractivity contribution in [2.45, 2.75) is 38.9 Å². The van der Waals surface area contributed by atoms with Crippen LogP contribution in [0, 0.1) is 0 Å². The van der Waals surface area contributed by atoms with Crippen molar-refractivity contribution in [2.24, 2.45) is 0 Å². The minimum atomic E-state index is -0.282. The van der Waals surface area contributed by atoms with Crippen molar-refractivity contribution in [3.63, 3.8) is 0 Å². The lowest BCUT2D eigenvalue weighted by molar-refractivity contribution is -0.133. The Labute approximate surface area is 361 Å². The zero-order chi connectivity index (χ0) is 42.9. The van der Waals surface area contributed by atoms with Crippen LogP contribution in [0.3, 0.4) is 0 Å². The second-order valence-electron chi connectivity index (χ2n) is 15.8. The van der Waals surface area contributed by atoms with E-state index in [0.29, 0.717) is 71.3 Å². The summed E-state index contributed by atoms with van der Waals surface area (Å²) in [6, 6.07) is 11.9. The van der Waals surface area contributed by atoms with E-state index < -0.39 is 0 Å². The van der Waals surface area contributed by atoms with Gasteiger partial charge in [0.15, 0.2) is 11.2 Å². The standard InChI is InChI=1S/C43H46N16O4/c44-38-36-37(28-3-4-34-33(18-28)53-41(45)63-34)55-59(39(36)52-25-51-38)23-26-1-2-29-24-58(10-6-27(29)17-26)35(60)7-15-62-16-9-47-40(61)31-21-48-42(49-22-31)56-11-13-57(14-12-56)43-50-20-30-19-46-8-5-32(30)54-43/h1-4,17-18,20-22,25,46H,5-16,19,23-24H2,(H2,45,53)(H,47,61)(H2,44,51,52). The molecule has 1 fully saturated rings. The lowest BCUT2D eigenvalue weighted by Crippen LogP contribution is -2.48. The molecule has 322 valence electrons. The van der Waals surface area contributed by atoms with Crippen LogP contribution in [0.2, 0.25) is 0 Å². The highest BCUT2D eigenvalue weighted by Crippen LogP contribution is 2.33. The number of nitrogens with zero attached hydrogens (tertiary/aromatic N) is 12. The van der Waals surface area contributed by atoms with E-state index in [1.54, 1.807) is 18.5 Å². The van der Waals surface area contributed by atoms with E-state index in [4.69, 9.17) is 30.7 Å². The van der Waals surface area contributed by atoms with Crippen LogP contribution >= 0.6 is 0 Å². The number of hydrogen-bond acceptors (Lipinski definition) is 17. The quantitative estimate of drug-likeness (QED) is 0.129. The average Bonchev–Trinajstić information content (AvgIpc) is 3.89. The van der Waals surface area contributed by atoms with Crippen LogP contribution < -0.4 is 31.9 Å². The van der Waals surface area contributed by atoms with E-state index in [1.165, 1.54) is 17.5 Å². The summed E-state index contributed by atoms with van der Waals surface area (Å²) in [7, 11) is 0. The van der Waals surface area contributed by atoms with Crippen LogP contribution in [-0.2, 0) is 42.0 Å². The summed E-state index contributed by atoms with van der Waals surface area (Å²) in [5, 5.41) is 11.8. The van der Waals surface area contributed by atoms with E-state index in [-0.39, 0.29) is 37.5 Å². The van der Waals surface area contributed by atoms with Crippen molar-refractivity contribution in [3.8, 4) is 11.3 Å². The van der Waals surface area contributed by atoms with Crippen molar-refractivity contribution in [1.29, 1.82) is 0 Å². The Morgan fingerprint density at radius 1 is 0.841 bits per heavy atom. The maximum atomic E-state index is 13.2. The predicted molar refractivity (Wildman–Crippen MR) is 233 cm³/mol. The van der Waals surface area contributed by atoms with Gasteiger partial charge in [0, 0.05) is 95.0 Å². The number of hydrogen-bond donors (Lipinski definition) is 4. The van der Waals surface area contributed by atoms with Gasteiger partial charge in [0.25, 0.3) is 11.9 Å². The van der Waals surface area contributed by atoms with Gasteiger partial charge in [-0.05, 0) is 41.3 Å². The maximum Gasteiger partial charge on any atom is 0.292 e. The van der Waals surface area contributed by atoms with Gasteiger partial charge in [-0.3, -0.25) is 9.59 Å². The van der Waals surface area contributed by atoms with Crippen LogP contribution in [0.4, 0.5) is 23.7 Å². The molecule has 3 aliphatic heterocycles. The Morgan fingerprint density at radius 3 is 2.52 bits per heavy atom. The number of nitrogens with one attached hydrogen (secondary N) is 2. The summed E-state index contributed by atoms with van der Waals surface area (Å²) < 4.78 is 13.0. The number of carbonyl (C=O) groups excluding carboxylic acids is 2. The molecular formula is C43H46N16O4. The molecule has 2 amide bonds. The fraction of sp³-hybridized carbons (Fsp3) is 0.349. The molecule has 0 atom stereocenters. The maximum absolute atomic E-state index is 13.2. The van der Waals surface area contributed by atoms with Gasteiger partial charge in [-0.15, -0.1) is 0 Å². The van der Waals surface area contributed by atoms with Crippen molar-refractivity contribution in [2.75, 3.05) is 80.3 Å². The molecule has 6 N–H and O–H groups in total. The molecule has 0 bridgehead atoms. The smallest absolute Gasteiger partial charge is 0.292 e. The largest absolute Gasteiger partial charge is 0.424 e. The summed E-state index contributed by atoms with van der Waals surface area (Å²) in [5.74, 6) is 1.43. The number of amides is 2. The Balaban J connectivity index is 0.661. The molecule has 7 aromatic rings. The molecule has 0 spiro atoms. The van der Waals surface area contributed by atoms with Crippen molar-refractivity contribution in [1.82, 2.24) is 60.2 Å². The van der Waals surface area contributed by atoms with Gasteiger partial charge in [0.05, 0.1) is 42.8 Å². The first-order valence-electron chi connectivity index (χ1n) is 21.1. The van der Waals surface area contributed by atoms with Gasteiger partial charge >= 0.3 is 0 Å². The molecule has 8 heterocycles. The number of piperazine rings is 1. The minimum absolute atomic E-state index is 0.0245. The molecule has 1 saturated heterocycles. The third-order valence-electron chi connectivity index (χ3n) is 11.7. The van der Waals surface area contributed by atoms with Gasteiger partial charge in [-0.1, -0.05) is 18.2 Å². The molecule has 0 radical (unpaired) electrons. The fourth-order valence-electron chi connectivity index (χ4n) is 8.37. The number of ether oxygens (including phenoxy) is 1. The van der Waals surface area contributed by atoms with Crippen LogP contribution in [-0.4, -0.2) is 120 Å². The molecule has 10 rings (SSSR count). The van der Waals surface area contributed by atoms with E-state index in [1.807, 2.05) is 27.9 Å². The topological polar surface area (TPSA) is 250 Å². The summed E-state index contributed by atoms with van der Waals surface area (Å²) in [6.07, 6.45) is 8.36. The first-order valence-corrected chi connectivity index (χ1v) is 21.1. The molecule has 0 saturated carbocycles. The molecule has 20 nitrogen and oxygen atoms in total. The number of nitrogens with two attached hydrogens (primary N) is 2. The van der Waals surface area contributed by atoms with E-state index in [9.17, 15) is 9.59 Å². The number of nitrogen functional groups attached to an aromatic ring is 2. The third-order valence-corrected chi connectivity index (χ3v) is 11.7. The zero-order valence-corrected chi connectivity index (χ0v) is 34.5. The number of oxazole rings is 1. The second-order valence-corrected chi connectivity index (χ2v) is 15.8. The Hall–Kier alpha value is -7.32. The Bertz CT molecular complexity index is 2820. The van der Waals surface area contributed by atoms with Gasteiger partial charge in [0.1, 0.15) is 23.4 Å². The molecule has 0 unspecified atom stereocenters. The highest BCUT2D eigenvalue weighted by Gasteiger charge is 2.25. The van der Waals surface area contributed by atoms with E-state index in [0.717, 1.165) is 80.4 Å². The molecular weight excluding hydrogens is 805 g/mol. The van der Waals surface area contributed by atoms with Crippen molar-refractivity contribution < 1.29 is 18.7 Å². The van der Waals surface area contributed by atoms with Crippen molar-refractivity contribution in [3.05, 3.63) is 94.8 Å². The third kappa shape index (κ3) is 8.37. The van der Waals surface area contributed by atoms with Crippen LogP contribution in [0.15, 0.2) is 65.7 Å². The zero-order valence-electron chi connectivity index (χ0n) is 34.5. The van der Waals surface area contributed by atoms with Crippen LogP contribution in [0.25, 0.3) is 33.4 Å². The lowest BCUT2D eigenvalue weighted by Gasteiger charge is -2.35. The number of carbonyl (C=O) groups is 2. The second kappa shape index (κ2) is 17.2. The molecule has 20 heteroatoms. The molecule has 63 heavy (non-hydrogen) atoms. The minimum Gasteiger partial charge on any atom is -0.424 e. The summed E-state index contributed by atoms with van der Waals surface area (Å²) >= 11 is 0. The molecule has 3 aliphatic rings. The molecule has 5 aromatic heterocycles. The first kappa shape index (κ1) is 39.8. The predicted octanol–water partition coefficient (Wildman–Crippen LogP) is 2.12. The Kier molecular flexibility index (Phi) is 10.9. The fourth-order valence-corrected chi connectivity index (χ4v) is 8.37. The average molecular weight is 851 g/mol. The number of rotatable bonds is 12. The van der Waals surface area contributed by atoms with Gasteiger partial charge < -0.3 is 46.0 Å². The Morgan fingerprint density at radius 2 is 1.67 bits per heavy atom. The summed E-state index contributed by atoms with van der Waals surface area (Å²) in [4.78, 5) is 63.5. The van der Waals surface area contributed by atoms with Crippen molar-refractivity contribution >= 4 is 57.7 Å². The van der Waals surface area contributed by atoms with E-state index in [2.05, 4.69) is 68.5 Å². The number of aromatic nitrogens is 9. The first-order chi connectivity index (χ1) is 30.8. The lowest BCUT2D eigenvalue weighted by atomic mass is 9.97. The molecule has 0 aliphatic carbocycles. The molecule has 2 aromatic carbocycles. The van der Waals surface area contributed by atoms with Gasteiger partial charge in [-0.25, -0.2) is 34.6 Å². The summed E-state index contributed by atoms with van der Waals surface area (Å²) in [5.41, 5.74) is 21.4. The van der Waals surface area contributed by atoms with Gasteiger partial charge in [0.2, 0.25) is 17.8 Å². The monoisotopic (exact) mass is 850 g/mol. The highest BCUT2D eigenvalue weighted by atomic mass is 16.5. The highest BCUT2D eigenvalue weighted by molar-refractivity contribution is 5.99. The SMILES string of the molecule is Nc1nc2cc(-c3nn(Cc4ccc5c(c4)CCN(C(=O)CCOCCNC(=O)c4cnc(N6CCN(c7ncc8c(n7)CCNC8)CC6)nc4)C5)c4ncnc(N)c34)ccc2o1.